The van der Waals surface area contributed by atoms with Crippen LogP contribution in [-0.2, 0) is 19.3 Å². The number of thiophene rings is 1. The average Bonchev–Trinajstić information content (AvgIpc) is 3.08. The lowest BCUT2D eigenvalue weighted by Crippen LogP contribution is -2.45. The molecule has 0 unspecified atom stereocenters. The van der Waals surface area contributed by atoms with E-state index in [-0.39, 0.29) is 43.8 Å². The van der Waals surface area contributed by atoms with Crippen molar-refractivity contribution in [2.45, 2.75) is 64.2 Å². The van der Waals surface area contributed by atoms with Crippen LogP contribution in [0.3, 0.4) is 0 Å². The average molecular weight is 501 g/mol. The Hall–Kier alpha value is -2.35. The van der Waals surface area contributed by atoms with Crippen LogP contribution in [0.15, 0.2) is 9.59 Å². The lowest BCUT2D eigenvalue weighted by Gasteiger charge is -2.35. The molecule has 0 bridgehead atoms. The molecule has 1 N–H and O–H groups in total. The molecule has 14 heteroatoms. The summed E-state index contributed by atoms with van der Waals surface area (Å²) in [6.45, 7) is 1.37. The summed E-state index contributed by atoms with van der Waals surface area (Å²) in [5, 5.41) is 9.04. The number of rotatable bonds is 4. The van der Waals surface area contributed by atoms with Gasteiger partial charge in [-0.1, -0.05) is 0 Å². The molecule has 184 valence electrons. The van der Waals surface area contributed by atoms with Crippen LogP contribution >= 0.6 is 11.3 Å². The highest BCUT2D eigenvalue weighted by Crippen LogP contribution is 2.42. The molecule has 0 spiro atoms. The Kier molecular flexibility index (Phi) is 6.48. The first-order valence-electron chi connectivity index (χ1n) is 10.0. The van der Waals surface area contributed by atoms with Gasteiger partial charge in [-0.15, -0.1) is 11.3 Å². The number of nitrogens with zero attached hydrogens (tertiary/aromatic N) is 3. The van der Waals surface area contributed by atoms with Gasteiger partial charge in [-0.2, -0.15) is 26.3 Å². The molecule has 1 aliphatic heterocycles. The first-order chi connectivity index (χ1) is 15.1. The molecular formula is C19H21F6N3O4S. The second-order valence-electron chi connectivity index (χ2n) is 8.12. The van der Waals surface area contributed by atoms with E-state index in [1.807, 2.05) is 0 Å². The Labute approximate surface area is 186 Å². The number of likely N-dealkylation sites (tertiary alicyclic amines) is 1. The topological polar surface area (TPSA) is 84.5 Å². The largest absolute Gasteiger partial charge is 0.418 e. The maximum absolute atomic E-state index is 14.1. The third kappa shape index (κ3) is 4.95. The Morgan fingerprint density at radius 3 is 2.15 bits per heavy atom. The van der Waals surface area contributed by atoms with E-state index >= 15 is 0 Å². The number of aromatic nitrogens is 2. The molecule has 0 radical (unpaired) electrons. The molecule has 0 aliphatic carbocycles. The Morgan fingerprint density at radius 1 is 1.09 bits per heavy atom. The van der Waals surface area contributed by atoms with Gasteiger partial charge in [-0.05, 0) is 26.7 Å². The lowest BCUT2D eigenvalue weighted by molar-refractivity contribution is -0.137. The normalized spacial score (nSPS) is 17.1. The monoisotopic (exact) mass is 501 g/mol. The standard InChI is InChI=1S/C19H21F6N3O4S/c1-3-27-13(29)10-11(19(23,24)25)12(14(30)26-7-4-17(2,32)5-8-26)33-15(10)28(16(27)31)9-6-18(20,21)22/h32H,3-9H2,1-2H3. The second-order valence-corrected chi connectivity index (χ2v) is 9.12. The molecule has 1 fully saturated rings. The van der Waals surface area contributed by atoms with Crippen LogP contribution in [-0.4, -0.2) is 49.9 Å². The molecule has 0 aromatic carbocycles. The summed E-state index contributed by atoms with van der Waals surface area (Å²) >= 11 is 0.186. The number of aryl methyl sites for hydroxylation is 1. The van der Waals surface area contributed by atoms with Gasteiger partial charge in [0.15, 0.2) is 0 Å². The quantitative estimate of drug-likeness (QED) is 0.653. The van der Waals surface area contributed by atoms with Crippen molar-refractivity contribution in [3.8, 4) is 0 Å². The van der Waals surface area contributed by atoms with Gasteiger partial charge in [-0.25, -0.2) is 4.79 Å². The van der Waals surface area contributed by atoms with Crippen molar-refractivity contribution in [3.05, 3.63) is 31.3 Å². The van der Waals surface area contributed by atoms with Crippen molar-refractivity contribution >= 4 is 27.5 Å². The van der Waals surface area contributed by atoms with E-state index in [4.69, 9.17) is 0 Å². The summed E-state index contributed by atoms with van der Waals surface area (Å²) in [7, 11) is 0. The van der Waals surface area contributed by atoms with Crippen LogP contribution < -0.4 is 11.2 Å². The molecule has 2 aromatic rings. The van der Waals surface area contributed by atoms with Crippen molar-refractivity contribution in [2.24, 2.45) is 0 Å². The van der Waals surface area contributed by atoms with Gasteiger partial charge in [-0.3, -0.25) is 18.7 Å². The molecule has 7 nitrogen and oxygen atoms in total. The van der Waals surface area contributed by atoms with E-state index < -0.39 is 68.7 Å². The number of fused-ring (bicyclic) bond motifs is 1. The maximum atomic E-state index is 14.1. The van der Waals surface area contributed by atoms with Gasteiger partial charge in [0.05, 0.1) is 23.0 Å². The number of hydrogen-bond acceptors (Lipinski definition) is 5. The van der Waals surface area contributed by atoms with Crippen LogP contribution in [0.5, 0.6) is 0 Å². The van der Waals surface area contributed by atoms with Crippen LogP contribution in [0.4, 0.5) is 26.3 Å². The van der Waals surface area contributed by atoms with Gasteiger partial charge in [0.1, 0.15) is 9.71 Å². The van der Waals surface area contributed by atoms with Gasteiger partial charge >= 0.3 is 18.0 Å². The zero-order valence-corrected chi connectivity index (χ0v) is 18.5. The zero-order valence-electron chi connectivity index (χ0n) is 17.6. The SMILES string of the molecule is CCn1c(=O)c2c(C(F)(F)F)c(C(=O)N3CCC(C)(O)CC3)sc2n(CCC(F)(F)F)c1=O. The first-order valence-corrected chi connectivity index (χ1v) is 10.8. The highest BCUT2D eigenvalue weighted by molar-refractivity contribution is 7.20. The lowest BCUT2D eigenvalue weighted by atomic mass is 9.93. The van der Waals surface area contributed by atoms with Gasteiger partial charge in [0.2, 0.25) is 0 Å². The first kappa shape index (κ1) is 25.3. The zero-order chi connectivity index (χ0) is 24.9. The molecule has 2 aromatic heterocycles. The van der Waals surface area contributed by atoms with Crippen LogP contribution in [0.1, 0.15) is 48.3 Å². The molecule has 3 rings (SSSR count). The van der Waals surface area contributed by atoms with Gasteiger partial charge < -0.3 is 10.0 Å². The second kappa shape index (κ2) is 8.46. The van der Waals surface area contributed by atoms with E-state index in [0.717, 1.165) is 4.90 Å². The fraction of sp³-hybridized carbons (Fsp3) is 0.632. The van der Waals surface area contributed by atoms with E-state index in [2.05, 4.69) is 0 Å². The summed E-state index contributed by atoms with van der Waals surface area (Å²) in [6.07, 6.45) is -11.2. The van der Waals surface area contributed by atoms with Gasteiger partial charge in [0.25, 0.3) is 11.5 Å². The highest BCUT2D eigenvalue weighted by atomic mass is 32.1. The molecule has 1 saturated heterocycles. The number of amides is 1. The minimum absolute atomic E-state index is 0.0442. The van der Waals surface area contributed by atoms with E-state index in [0.29, 0.717) is 9.13 Å². The number of aliphatic hydroxyl groups is 1. The maximum Gasteiger partial charge on any atom is 0.418 e. The summed E-state index contributed by atoms with van der Waals surface area (Å²) in [4.78, 5) is 38.0. The van der Waals surface area contributed by atoms with Crippen molar-refractivity contribution < 1.29 is 36.2 Å². The summed E-state index contributed by atoms with van der Waals surface area (Å²) in [6, 6.07) is 0. The fourth-order valence-corrected chi connectivity index (χ4v) is 5.03. The van der Waals surface area contributed by atoms with E-state index in [9.17, 15) is 45.8 Å². The molecule has 0 atom stereocenters. The Balaban J connectivity index is 2.27. The number of alkyl halides is 6. The van der Waals surface area contributed by atoms with E-state index in [1.165, 1.54) is 13.8 Å². The number of carbonyl (C=O) groups excluding carboxylic acids is 1. The van der Waals surface area contributed by atoms with Crippen LogP contribution in [0.25, 0.3) is 10.2 Å². The predicted octanol–water partition coefficient (Wildman–Crippen LogP) is 3.20. The Bertz CT molecular complexity index is 1180. The number of hydrogen-bond donors (Lipinski definition) is 1. The predicted molar refractivity (Wildman–Crippen MR) is 107 cm³/mol. The Morgan fingerprint density at radius 2 is 1.67 bits per heavy atom. The van der Waals surface area contributed by atoms with Crippen molar-refractivity contribution in [1.82, 2.24) is 14.0 Å². The third-order valence-corrected chi connectivity index (χ3v) is 6.80. The minimum atomic E-state index is -5.18. The molecule has 3 heterocycles. The molecule has 1 aliphatic rings. The summed E-state index contributed by atoms with van der Waals surface area (Å²) in [5.41, 5.74) is -5.14. The highest BCUT2D eigenvalue weighted by Gasteiger charge is 2.43. The fourth-order valence-electron chi connectivity index (χ4n) is 3.73. The molecule has 1 amide bonds. The molecule has 0 saturated carbocycles. The number of piperidine rings is 1. The van der Waals surface area contributed by atoms with E-state index in [1.54, 1.807) is 0 Å². The molecular weight excluding hydrogens is 480 g/mol. The summed E-state index contributed by atoms with van der Waals surface area (Å²) in [5.74, 6) is -1.06. The molecule has 33 heavy (non-hydrogen) atoms. The van der Waals surface area contributed by atoms with Crippen molar-refractivity contribution in [2.75, 3.05) is 13.1 Å². The van der Waals surface area contributed by atoms with Crippen LogP contribution in [0, 0.1) is 0 Å². The van der Waals surface area contributed by atoms with Crippen molar-refractivity contribution in [1.29, 1.82) is 0 Å². The van der Waals surface area contributed by atoms with Gasteiger partial charge in [0, 0.05) is 26.2 Å². The number of halogens is 6. The van der Waals surface area contributed by atoms with Crippen molar-refractivity contribution in [3.63, 3.8) is 0 Å². The smallest absolute Gasteiger partial charge is 0.390 e. The number of carbonyl (C=O) groups is 1. The summed E-state index contributed by atoms with van der Waals surface area (Å²) < 4.78 is 81.5. The minimum Gasteiger partial charge on any atom is -0.390 e. The van der Waals surface area contributed by atoms with Crippen LogP contribution in [0.2, 0.25) is 0 Å². The third-order valence-electron chi connectivity index (χ3n) is 5.60.